The van der Waals surface area contributed by atoms with Crippen LogP contribution in [0.4, 0.5) is 5.69 Å². The van der Waals surface area contributed by atoms with Gasteiger partial charge in [-0.05, 0) is 32.4 Å². The molecule has 2 N–H and O–H groups in total. The van der Waals surface area contributed by atoms with E-state index in [4.69, 9.17) is 5.73 Å². The van der Waals surface area contributed by atoms with E-state index < -0.39 is 14.8 Å². The number of anilines is 1. The summed E-state index contributed by atoms with van der Waals surface area (Å²) in [5.74, 6) is 0. The van der Waals surface area contributed by atoms with Crippen LogP contribution in [0.1, 0.15) is 33.3 Å². The van der Waals surface area contributed by atoms with Crippen LogP contribution in [0.5, 0.6) is 0 Å². The molecule has 0 saturated heterocycles. The molecule has 0 amide bonds. The summed E-state index contributed by atoms with van der Waals surface area (Å²) < 4.78 is 25.4. The number of hydrogen-bond donors (Lipinski definition) is 1. The molecule has 1 rings (SSSR count). The van der Waals surface area contributed by atoms with Gasteiger partial charge in [0.15, 0.2) is 0 Å². The van der Waals surface area contributed by atoms with E-state index in [1.165, 1.54) is 4.31 Å². The Balaban J connectivity index is 3.04. The largest absolute Gasteiger partial charge is 0.398 e. The van der Waals surface area contributed by atoms with Crippen LogP contribution in [0.25, 0.3) is 0 Å². The molecule has 0 radical (unpaired) electrons. The van der Waals surface area contributed by atoms with Crippen molar-refractivity contribution in [2.75, 3.05) is 12.3 Å². The first-order valence-corrected chi connectivity index (χ1v) is 7.47. The highest BCUT2D eigenvalue weighted by molar-refractivity contribution is 7.90. The topological polar surface area (TPSA) is 63.4 Å². The first-order valence-electron chi connectivity index (χ1n) is 6.03. The molecule has 0 unspecified atom stereocenters. The Morgan fingerprint density at radius 3 is 2.22 bits per heavy atom. The molecule has 0 bridgehead atoms. The Labute approximate surface area is 110 Å². The van der Waals surface area contributed by atoms with Gasteiger partial charge in [-0.25, -0.2) is 8.42 Å². The van der Waals surface area contributed by atoms with E-state index in [2.05, 4.69) is 0 Å². The van der Waals surface area contributed by atoms with Crippen LogP contribution < -0.4 is 5.73 Å². The van der Waals surface area contributed by atoms with Crippen molar-refractivity contribution in [1.82, 2.24) is 4.31 Å². The molecule has 1 aromatic rings. The summed E-state index contributed by atoms with van der Waals surface area (Å²) >= 11 is 0. The average Bonchev–Trinajstić information content (AvgIpc) is 2.26. The van der Waals surface area contributed by atoms with Crippen molar-refractivity contribution in [3.05, 3.63) is 29.8 Å². The van der Waals surface area contributed by atoms with Crippen LogP contribution in [0.2, 0.25) is 0 Å². The minimum atomic E-state index is -3.33. The smallest absolute Gasteiger partial charge is 0.219 e. The molecule has 0 atom stereocenters. The SMILES string of the molecule is CCN(Cc1ccccc1N)S(=O)(=O)C(C)(C)C. The maximum atomic E-state index is 12.4. The van der Waals surface area contributed by atoms with Crippen LogP contribution in [0.15, 0.2) is 24.3 Å². The first-order chi connectivity index (χ1) is 8.20. The highest BCUT2D eigenvalue weighted by Gasteiger charge is 2.34. The fourth-order valence-electron chi connectivity index (χ4n) is 1.62. The van der Waals surface area contributed by atoms with Gasteiger partial charge < -0.3 is 5.73 Å². The van der Waals surface area contributed by atoms with Gasteiger partial charge in [0.25, 0.3) is 0 Å². The van der Waals surface area contributed by atoms with E-state index in [9.17, 15) is 8.42 Å². The average molecular weight is 270 g/mol. The molecule has 0 aromatic heterocycles. The molecule has 0 saturated carbocycles. The number of nitrogens with two attached hydrogens (primary N) is 1. The fraction of sp³-hybridized carbons (Fsp3) is 0.538. The van der Waals surface area contributed by atoms with Crippen molar-refractivity contribution in [2.45, 2.75) is 39.0 Å². The predicted molar refractivity (Wildman–Crippen MR) is 75.6 cm³/mol. The lowest BCUT2D eigenvalue weighted by Gasteiger charge is -2.29. The van der Waals surface area contributed by atoms with Crippen molar-refractivity contribution in [3.63, 3.8) is 0 Å². The Hall–Kier alpha value is -1.07. The normalized spacial score (nSPS) is 12.9. The zero-order chi connectivity index (χ0) is 14.0. The molecule has 0 aliphatic rings. The lowest BCUT2D eigenvalue weighted by Crippen LogP contribution is -2.42. The second kappa shape index (κ2) is 5.28. The molecule has 1 aromatic carbocycles. The van der Waals surface area contributed by atoms with Gasteiger partial charge in [0, 0.05) is 18.8 Å². The second-order valence-electron chi connectivity index (χ2n) is 5.24. The summed E-state index contributed by atoms with van der Waals surface area (Å²) in [5.41, 5.74) is 7.32. The Morgan fingerprint density at radius 1 is 1.22 bits per heavy atom. The molecule has 0 aliphatic carbocycles. The highest BCUT2D eigenvalue weighted by atomic mass is 32.2. The predicted octanol–water partition coefficient (Wildman–Crippen LogP) is 2.22. The molecule has 0 heterocycles. The van der Waals surface area contributed by atoms with E-state index in [1.807, 2.05) is 25.1 Å². The Bertz CT molecular complexity index is 504. The van der Waals surface area contributed by atoms with Gasteiger partial charge in [0.2, 0.25) is 10.0 Å². The molecule has 18 heavy (non-hydrogen) atoms. The minimum Gasteiger partial charge on any atom is -0.398 e. The van der Waals surface area contributed by atoms with E-state index in [0.29, 0.717) is 18.8 Å². The first kappa shape index (κ1) is 15.0. The standard InChI is InChI=1S/C13H22N2O2S/c1-5-15(18(16,17)13(2,3)4)10-11-8-6-7-9-12(11)14/h6-9H,5,10,14H2,1-4H3. The summed E-state index contributed by atoms with van der Waals surface area (Å²) in [6, 6.07) is 7.35. The number of sulfonamides is 1. The lowest BCUT2D eigenvalue weighted by molar-refractivity contribution is 0.405. The van der Waals surface area contributed by atoms with E-state index >= 15 is 0 Å². The highest BCUT2D eigenvalue weighted by Crippen LogP contribution is 2.23. The van der Waals surface area contributed by atoms with Gasteiger partial charge in [-0.2, -0.15) is 4.31 Å². The van der Waals surface area contributed by atoms with Crippen molar-refractivity contribution >= 4 is 15.7 Å². The third-order valence-electron chi connectivity index (χ3n) is 2.87. The zero-order valence-corrected chi connectivity index (χ0v) is 12.3. The monoisotopic (exact) mass is 270 g/mol. The number of nitrogens with zero attached hydrogens (tertiary/aromatic N) is 1. The number of benzene rings is 1. The summed E-state index contributed by atoms with van der Waals surface area (Å²) in [6.07, 6.45) is 0. The molecule has 5 heteroatoms. The summed E-state index contributed by atoms with van der Waals surface area (Å²) in [4.78, 5) is 0. The second-order valence-corrected chi connectivity index (χ2v) is 7.93. The molecule has 0 aliphatic heterocycles. The molecule has 0 spiro atoms. The van der Waals surface area contributed by atoms with Crippen LogP contribution in [-0.4, -0.2) is 24.0 Å². The van der Waals surface area contributed by atoms with E-state index in [1.54, 1.807) is 26.8 Å². The van der Waals surface area contributed by atoms with Crippen LogP contribution in [-0.2, 0) is 16.6 Å². The van der Waals surface area contributed by atoms with Gasteiger partial charge in [-0.3, -0.25) is 0 Å². The third-order valence-corrected chi connectivity index (χ3v) is 5.48. The van der Waals surface area contributed by atoms with Gasteiger partial charge in [0.1, 0.15) is 0 Å². The zero-order valence-electron chi connectivity index (χ0n) is 11.5. The number of nitrogen functional groups attached to an aromatic ring is 1. The lowest BCUT2D eigenvalue weighted by atomic mass is 10.2. The third kappa shape index (κ3) is 3.03. The van der Waals surface area contributed by atoms with Crippen molar-refractivity contribution < 1.29 is 8.42 Å². The summed E-state index contributed by atoms with van der Waals surface area (Å²) in [7, 11) is -3.33. The minimum absolute atomic E-state index is 0.322. The van der Waals surface area contributed by atoms with Gasteiger partial charge in [0.05, 0.1) is 4.75 Å². The fourth-order valence-corrected chi connectivity index (χ4v) is 3.05. The van der Waals surface area contributed by atoms with Crippen molar-refractivity contribution in [2.24, 2.45) is 0 Å². The number of rotatable bonds is 4. The van der Waals surface area contributed by atoms with Crippen molar-refractivity contribution in [1.29, 1.82) is 0 Å². The molecule has 4 nitrogen and oxygen atoms in total. The molecule has 102 valence electrons. The quantitative estimate of drug-likeness (QED) is 0.853. The number of hydrogen-bond acceptors (Lipinski definition) is 3. The Kier molecular flexibility index (Phi) is 4.40. The van der Waals surface area contributed by atoms with Gasteiger partial charge >= 0.3 is 0 Å². The molecule has 0 fully saturated rings. The van der Waals surface area contributed by atoms with E-state index in [-0.39, 0.29) is 0 Å². The Morgan fingerprint density at radius 2 is 1.78 bits per heavy atom. The van der Waals surface area contributed by atoms with Gasteiger partial charge in [-0.1, -0.05) is 25.1 Å². The molecular formula is C13H22N2O2S. The summed E-state index contributed by atoms with van der Waals surface area (Å²) in [5, 5.41) is 0. The van der Waals surface area contributed by atoms with Gasteiger partial charge in [-0.15, -0.1) is 0 Å². The molecular weight excluding hydrogens is 248 g/mol. The maximum absolute atomic E-state index is 12.4. The van der Waals surface area contributed by atoms with Crippen LogP contribution in [0, 0.1) is 0 Å². The summed E-state index contributed by atoms with van der Waals surface area (Å²) in [6.45, 7) is 7.72. The van der Waals surface area contributed by atoms with Crippen LogP contribution >= 0.6 is 0 Å². The van der Waals surface area contributed by atoms with Crippen LogP contribution in [0.3, 0.4) is 0 Å². The van der Waals surface area contributed by atoms with Crippen molar-refractivity contribution in [3.8, 4) is 0 Å². The van der Waals surface area contributed by atoms with E-state index in [0.717, 1.165) is 5.56 Å². The maximum Gasteiger partial charge on any atom is 0.219 e. The number of para-hydroxylation sites is 1.